The minimum atomic E-state index is -0.0395. The molecule has 3 rings (SSSR count). The van der Waals surface area contributed by atoms with Crippen LogP contribution in [0.25, 0.3) is 0 Å². The molecule has 0 spiro atoms. The van der Waals surface area contributed by atoms with Gasteiger partial charge in [-0.3, -0.25) is 0 Å². The first-order chi connectivity index (χ1) is 13.0. The molecule has 144 valence electrons. The Balaban J connectivity index is 1.75. The Morgan fingerprint density at radius 1 is 1.15 bits per heavy atom. The lowest BCUT2D eigenvalue weighted by Gasteiger charge is -2.27. The van der Waals surface area contributed by atoms with Crippen LogP contribution in [0.5, 0.6) is 11.5 Å². The molecule has 0 aromatic heterocycles. The summed E-state index contributed by atoms with van der Waals surface area (Å²) >= 11 is 0. The Labute approximate surface area is 161 Å². The zero-order valence-electron chi connectivity index (χ0n) is 16.5. The lowest BCUT2D eigenvalue weighted by atomic mass is 10.0. The summed E-state index contributed by atoms with van der Waals surface area (Å²) in [5.74, 6) is 1.56. The first kappa shape index (κ1) is 19.1. The standard InChI is InChI=1S/C22H28N2O3/c1-15-7-8-17(16(2)12-15)14-23-22(25)24-11-5-6-20(24)19-13-18(26-3)9-10-21(19)27-4/h7-10,12-13,20H,5-6,11,14H2,1-4H3,(H,23,25). The number of rotatable bonds is 5. The first-order valence-corrected chi connectivity index (χ1v) is 9.36. The minimum absolute atomic E-state index is 0.00540. The van der Waals surface area contributed by atoms with E-state index >= 15 is 0 Å². The van der Waals surface area contributed by atoms with E-state index in [0.717, 1.165) is 42.0 Å². The van der Waals surface area contributed by atoms with Gasteiger partial charge >= 0.3 is 6.03 Å². The summed E-state index contributed by atoms with van der Waals surface area (Å²) in [4.78, 5) is 14.8. The number of hydrogen-bond acceptors (Lipinski definition) is 3. The van der Waals surface area contributed by atoms with E-state index in [4.69, 9.17) is 9.47 Å². The smallest absolute Gasteiger partial charge is 0.318 e. The van der Waals surface area contributed by atoms with Gasteiger partial charge in [0, 0.05) is 18.7 Å². The zero-order valence-corrected chi connectivity index (χ0v) is 16.5. The van der Waals surface area contributed by atoms with Crippen LogP contribution in [0.3, 0.4) is 0 Å². The van der Waals surface area contributed by atoms with Crippen molar-refractivity contribution < 1.29 is 14.3 Å². The molecule has 1 aliphatic rings. The first-order valence-electron chi connectivity index (χ1n) is 9.36. The van der Waals surface area contributed by atoms with Crippen LogP contribution in [-0.4, -0.2) is 31.7 Å². The normalized spacial score (nSPS) is 16.3. The van der Waals surface area contributed by atoms with Gasteiger partial charge in [-0.05, 0) is 56.0 Å². The number of amides is 2. The van der Waals surface area contributed by atoms with Crippen LogP contribution in [0, 0.1) is 13.8 Å². The van der Waals surface area contributed by atoms with Gasteiger partial charge in [0.05, 0.1) is 20.3 Å². The van der Waals surface area contributed by atoms with Crippen molar-refractivity contribution in [2.75, 3.05) is 20.8 Å². The van der Waals surface area contributed by atoms with Gasteiger partial charge in [-0.15, -0.1) is 0 Å². The van der Waals surface area contributed by atoms with Gasteiger partial charge < -0.3 is 19.7 Å². The number of aryl methyl sites for hydroxylation is 2. The molecule has 1 N–H and O–H groups in total. The van der Waals surface area contributed by atoms with Gasteiger partial charge in [0.2, 0.25) is 0 Å². The number of urea groups is 1. The fraction of sp³-hybridized carbons (Fsp3) is 0.409. The number of carbonyl (C=O) groups excluding carboxylic acids is 1. The van der Waals surface area contributed by atoms with E-state index < -0.39 is 0 Å². The summed E-state index contributed by atoms with van der Waals surface area (Å²) in [7, 11) is 3.31. The number of nitrogens with one attached hydrogen (secondary N) is 1. The van der Waals surface area contributed by atoms with Crippen LogP contribution in [0.4, 0.5) is 4.79 Å². The summed E-state index contributed by atoms with van der Waals surface area (Å²) in [6.07, 6.45) is 1.89. The highest BCUT2D eigenvalue weighted by Gasteiger charge is 2.32. The van der Waals surface area contributed by atoms with Crippen molar-refractivity contribution in [2.45, 2.75) is 39.3 Å². The average Bonchev–Trinajstić information content (AvgIpc) is 3.16. The molecule has 1 atom stereocenters. The predicted octanol–water partition coefficient (Wildman–Crippen LogP) is 4.37. The number of likely N-dealkylation sites (tertiary alicyclic amines) is 1. The number of benzene rings is 2. The topological polar surface area (TPSA) is 50.8 Å². The number of hydrogen-bond donors (Lipinski definition) is 1. The number of ether oxygens (including phenoxy) is 2. The van der Waals surface area contributed by atoms with Gasteiger partial charge in [-0.25, -0.2) is 4.79 Å². The third kappa shape index (κ3) is 4.18. The predicted molar refractivity (Wildman–Crippen MR) is 106 cm³/mol. The van der Waals surface area contributed by atoms with E-state index in [9.17, 15) is 4.79 Å². The van der Waals surface area contributed by atoms with E-state index in [0.29, 0.717) is 6.54 Å². The van der Waals surface area contributed by atoms with Gasteiger partial charge in [0.25, 0.3) is 0 Å². The van der Waals surface area contributed by atoms with Gasteiger partial charge in [-0.2, -0.15) is 0 Å². The molecule has 1 saturated heterocycles. The van der Waals surface area contributed by atoms with E-state index in [2.05, 4.69) is 37.4 Å². The lowest BCUT2D eigenvalue weighted by Crippen LogP contribution is -2.39. The summed E-state index contributed by atoms with van der Waals surface area (Å²) in [6.45, 7) is 5.42. The zero-order chi connectivity index (χ0) is 19.4. The van der Waals surface area contributed by atoms with Crippen molar-refractivity contribution in [3.63, 3.8) is 0 Å². The summed E-state index contributed by atoms with van der Waals surface area (Å²) in [5, 5.41) is 3.08. The van der Waals surface area contributed by atoms with E-state index in [1.807, 2.05) is 23.1 Å². The molecule has 1 heterocycles. The molecule has 0 aliphatic carbocycles. The second-order valence-corrected chi connectivity index (χ2v) is 7.05. The maximum Gasteiger partial charge on any atom is 0.318 e. The molecule has 2 aromatic rings. The number of methoxy groups -OCH3 is 2. The second kappa shape index (κ2) is 8.33. The second-order valence-electron chi connectivity index (χ2n) is 7.05. The Kier molecular flexibility index (Phi) is 5.89. The van der Waals surface area contributed by atoms with Crippen molar-refractivity contribution in [1.29, 1.82) is 0 Å². The fourth-order valence-electron chi connectivity index (χ4n) is 3.75. The summed E-state index contributed by atoms with van der Waals surface area (Å²) < 4.78 is 10.9. The van der Waals surface area contributed by atoms with Crippen molar-refractivity contribution in [3.05, 3.63) is 58.7 Å². The highest BCUT2D eigenvalue weighted by molar-refractivity contribution is 5.75. The Hall–Kier alpha value is -2.69. The third-order valence-electron chi connectivity index (χ3n) is 5.24. The highest BCUT2D eigenvalue weighted by atomic mass is 16.5. The fourth-order valence-corrected chi connectivity index (χ4v) is 3.75. The largest absolute Gasteiger partial charge is 0.497 e. The molecular formula is C22H28N2O3. The van der Waals surface area contributed by atoms with Gasteiger partial charge in [0.15, 0.2) is 0 Å². The lowest BCUT2D eigenvalue weighted by molar-refractivity contribution is 0.191. The van der Waals surface area contributed by atoms with Crippen LogP contribution >= 0.6 is 0 Å². The molecule has 27 heavy (non-hydrogen) atoms. The molecule has 1 fully saturated rings. The molecule has 2 amide bonds. The molecule has 0 saturated carbocycles. The summed E-state index contributed by atoms with van der Waals surface area (Å²) in [6, 6.07) is 12.0. The third-order valence-corrected chi connectivity index (χ3v) is 5.24. The molecule has 1 aliphatic heterocycles. The van der Waals surface area contributed by atoms with Crippen LogP contribution in [0.15, 0.2) is 36.4 Å². The molecule has 0 bridgehead atoms. The van der Waals surface area contributed by atoms with E-state index in [1.165, 1.54) is 11.1 Å². The Bertz CT molecular complexity index is 819. The maximum atomic E-state index is 12.9. The number of carbonyl (C=O) groups is 1. The molecule has 5 heteroatoms. The van der Waals surface area contributed by atoms with Crippen LogP contribution in [0.2, 0.25) is 0 Å². The van der Waals surface area contributed by atoms with Crippen molar-refractivity contribution >= 4 is 6.03 Å². The molecule has 2 aromatic carbocycles. The maximum absolute atomic E-state index is 12.9. The van der Waals surface area contributed by atoms with Crippen LogP contribution < -0.4 is 14.8 Å². The molecule has 0 radical (unpaired) electrons. The van der Waals surface area contributed by atoms with Crippen LogP contribution in [-0.2, 0) is 6.54 Å². The highest BCUT2D eigenvalue weighted by Crippen LogP contribution is 2.38. The monoisotopic (exact) mass is 368 g/mol. The summed E-state index contributed by atoms with van der Waals surface area (Å²) in [5.41, 5.74) is 4.56. The molecular weight excluding hydrogens is 340 g/mol. The van der Waals surface area contributed by atoms with E-state index in [-0.39, 0.29) is 12.1 Å². The van der Waals surface area contributed by atoms with E-state index in [1.54, 1.807) is 14.2 Å². The molecule has 5 nitrogen and oxygen atoms in total. The van der Waals surface area contributed by atoms with Gasteiger partial charge in [-0.1, -0.05) is 23.8 Å². The minimum Gasteiger partial charge on any atom is -0.497 e. The average molecular weight is 368 g/mol. The van der Waals surface area contributed by atoms with Crippen molar-refractivity contribution in [3.8, 4) is 11.5 Å². The Morgan fingerprint density at radius 3 is 2.67 bits per heavy atom. The Morgan fingerprint density at radius 2 is 1.96 bits per heavy atom. The van der Waals surface area contributed by atoms with Crippen molar-refractivity contribution in [1.82, 2.24) is 10.2 Å². The quantitative estimate of drug-likeness (QED) is 0.853. The molecule has 1 unspecified atom stereocenters. The number of nitrogens with zero attached hydrogens (tertiary/aromatic N) is 1. The SMILES string of the molecule is COc1ccc(OC)c(C2CCCN2C(=O)NCc2ccc(C)cc2C)c1. The van der Waals surface area contributed by atoms with Crippen LogP contribution in [0.1, 0.15) is 41.1 Å². The van der Waals surface area contributed by atoms with Crippen molar-refractivity contribution in [2.24, 2.45) is 0 Å². The van der Waals surface area contributed by atoms with Gasteiger partial charge in [0.1, 0.15) is 11.5 Å².